The molecule has 5 heteroatoms. The Balaban J connectivity index is 2.18. The number of nitrogens with one attached hydrogen (secondary N) is 2. The maximum absolute atomic E-state index is 12.1. The normalized spacial score (nSPS) is 12.0. The van der Waals surface area contributed by atoms with Crippen molar-refractivity contribution in [3.63, 3.8) is 0 Å². The van der Waals surface area contributed by atoms with E-state index in [0.29, 0.717) is 18.0 Å². The van der Waals surface area contributed by atoms with Gasteiger partial charge in [0.25, 0.3) is 5.56 Å². The average molecular weight is 287 g/mol. The van der Waals surface area contributed by atoms with Crippen molar-refractivity contribution in [2.24, 2.45) is 0 Å². The maximum Gasteiger partial charge on any atom is 0.256 e. The van der Waals surface area contributed by atoms with Gasteiger partial charge in [0.05, 0.1) is 23.9 Å². The van der Waals surface area contributed by atoms with E-state index in [2.05, 4.69) is 15.3 Å². The first-order valence-electron chi connectivity index (χ1n) is 7.08. The van der Waals surface area contributed by atoms with Crippen LogP contribution in [-0.4, -0.2) is 16.6 Å². The zero-order chi connectivity index (χ0) is 15.4. The van der Waals surface area contributed by atoms with Crippen molar-refractivity contribution in [3.05, 3.63) is 51.7 Å². The van der Waals surface area contributed by atoms with E-state index in [-0.39, 0.29) is 11.6 Å². The lowest BCUT2D eigenvalue weighted by Gasteiger charge is -2.17. The number of ether oxygens (including phenoxy) is 1. The van der Waals surface area contributed by atoms with Crippen LogP contribution in [0.4, 0.5) is 5.69 Å². The molecule has 1 aromatic heterocycles. The van der Waals surface area contributed by atoms with Crippen LogP contribution in [-0.2, 0) is 0 Å². The van der Waals surface area contributed by atoms with E-state index in [0.717, 1.165) is 17.1 Å². The zero-order valence-corrected chi connectivity index (χ0v) is 12.9. The maximum atomic E-state index is 12.1. The van der Waals surface area contributed by atoms with Crippen LogP contribution in [0.25, 0.3) is 0 Å². The Morgan fingerprint density at radius 2 is 1.95 bits per heavy atom. The monoisotopic (exact) mass is 287 g/mol. The number of anilines is 1. The first-order chi connectivity index (χ1) is 10.0. The van der Waals surface area contributed by atoms with Gasteiger partial charge in [-0.15, -0.1) is 0 Å². The number of H-pyrrole nitrogens is 1. The molecular weight excluding hydrogens is 266 g/mol. The summed E-state index contributed by atoms with van der Waals surface area (Å²) in [6.07, 6.45) is 0. The second-order valence-electron chi connectivity index (χ2n) is 4.97. The van der Waals surface area contributed by atoms with E-state index in [1.54, 1.807) is 6.92 Å². The van der Waals surface area contributed by atoms with Gasteiger partial charge in [-0.3, -0.25) is 4.79 Å². The van der Waals surface area contributed by atoms with Gasteiger partial charge in [0, 0.05) is 5.69 Å². The Morgan fingerprint density at radius 3 is 2.52 bits per heavy atom. The minimum Gasteiger partial charge on any atom is -0.494 e. The predicted molar refractivity (Wildman–Crippen MR) is 84.0 cm³/mol. The van der Waals surface area contributed by atoms with E-state index in [9.17, 15) is 4.79 Å². The number of aryl methyl sites for hydroxylation is 2. The number of rotatable bonds is 5. The van der Waals surface area contributed by atoms with Crippen LogP contribution in [0.3, 0.4) is 0 Å². The lowest BCUT2D eigenvalue weighted by atomic mass is 10.1. The number of benzene rings is 1. The third kappa shape index (κ3) is 3.62. The molecule has 0 saturated heterocycles. The molecule has 1 aromatic carbocycles. The fraction of sp³-hybridized carbons (Fsp3) is 0.375. The summed E-state index contributed by atoms with van der Waals surface area (Å²) < 4.78 is 5.41. The van der Waals surface area contributed by atoms with Gasteiger partial charge < -0.3 is 15.0 Å². The summed E-state index contributed by atoms with van der Waals surface area (Å²) in [4.78, 5) is 19.1. The lowest BCUT2D eigenvalue weighted by Crippen LogP contribution is -2.23. The third-order valence-electron chi connectivity index (χ3n) is 3.25. The zero-order valence-electron chi connectivity index (χ0n) is 12.9. The lowest BCUT2D eigenvalue weighted by molar-refractivity contribution is 0.340. The first kappa shape index (κ1) is 15.1. The highest BCUT2D eigenvalue weighted by Gasteiger charge is 2.14. The van der Waals surface area contributed by atoms with Gasteiger partial charge in [-0.05, 0) is 52.0 Å². The van der Waals surface area contributed by atoms with E-state index in [4.69, 9.17) is 4.74 Å². The number of nitrogens with zero attached hydrogens (tertiary/aromatic N) is 1. The SMILES string of the molecule is CCOc1ccc(NC(C)c2c(C)nc(C)[nH]c2=O)cc1. The standard InChI is InChI=1S/C16H21N3O2/c1-5-21-14-8-6-13(7-9-14)18-11(3)15-10(2)17-12(4)19-16(15)20/h6-9,11,18H,5H2,1-4H3,(H,17,19,20). The van der Waals surface area contributed by atoms with E-state index in [1.807, 2.05) is 45.0 Å². The summed E-state index contributed by atoms with van der Waals surface area (Å²) in [5.74, 6) is 1.47. The van der Waals surface area contributed by atoms with Crippen LogP contribution in [0.2, 0.25) is 0 Å². The topological polar surface area (TPSA) is 67.0 Å². The van der Waals surface area contributed by atoms with Crippen molar-refractivity contribution in [1.29, 1.82) is 0 Å². The van der Waals surface area contributed by atoms with E-state index >= 15 is 0 Å². The van der Waals surface area contributed by atoms with Crippen molar-refractivity contribution >= 4 is 5.69 Å². The fourth-order valence-electron chi connectivity index (χ4n) is 2.38. The summed E-state index contributed by atoms with van der Waals surface area (Å²) in [6, 6.07) is 7.56. The van der Waals surface area contributed by atoms with Crippen LogP contribution in [0.5, 0.6) is 5.75 Å². The van der Waals surface area contributed by atoms with E-state index in [1.165, 1.54) is 0 Å². The Bertz CT molecular complexity index is 662. The summed E-state index contributed by atoms with van der Waals surface area (Å²) in [5.41, 5.74) is 2.26. The quantitative estimate of drug-likeness (QED) is 0.887. The molecule has 0 radical (unpaired) electrons. The molecule has 5 nitrogen and oxygen atoms in total. The molecule has 112 valence electrons. The highest BCUT2D eigenvalue weighted by Crippen LogP contribution is 2.21. The molecule has 21 heavy (non-hydrogen) atoms. The summed E-state index contributed by atoms with van der Waals surface area (Å²) in [6.45, 7) is 8.18. The molecule has 0 fully saturated rings. The molecular formula is C16H21N3O2. The Hall–Kier alpha value is -2.30. The Morgan fingerprint density at radius 1 is 1.29 bits per heavy atom. The minimum atomic E-state index is -0.125. The number of aromatic amines is 1. The molecule has 2 rings (SSSR count). The highest BCUT2D eigenvalue weighted by molar-refractivity contribution is 5.48. The summed E-state index contributed by atoms with van der Waals surface area (Å²) >= 11 is 0. The summed E-state index contributed by atoms with van der Waals surface area (Å²) in [5, 5.41) is 3.31. The number of hydrogen-bond acceptors (Lipinski definition) is 4. The molecule has 2 N–H and O–H groups in total. The second kappa shape index (κ2) is 6.43. The largest absolute Gasteiger partial charge is 0.494 e. The molecule has 0 aliphatic rings. The molecule has 1 heterocycles. The van der Waals surface area contributed by atoms with Crippen molar-refractivity contribution in [3.8, 4) is 5.75 Å². The smallest absolute Gasteiger partial charge is 0.256 e. The molecule has 0 spiro atoms. The van der Waals surface area contributed by atoms with Gasteiger partial charge in [0.1, 0.15) is 11.6 Å². The number of aromatic nitrogens is 2. The van der Waals surface area contributed by atoms with Crippen LogP contribution in [0.1, 0.15) is 37.0 Å². The third-order valence-corrected chi connectivity index (χ3v) is 3.25. The predicted octanol–water partition coefficient (Wildman–Crippen LogP) is 2.96. The van der Waals surface area contributed by atoms with Gasteiger partial charge in [-0.25, -0.2) is 4.98 Å². The van der Waals surface area contributed by atoms with Gasteiger partial charge >= 0.3 is 0 Å². The molecule has 2 aromatic rings. The first-order valence-corrected chi connectivity index (χ1v) is 7.08. The van der Waals surface area contributed by atoms with Gasteiger partial charge in [0.15, 0.2) is 0 Å². The van der Waals surface area contributed by atoms with Gasteiger partial charge in [0.2, 0.25) is 0 Å². The van der Waals surface area contributed by atoms with E-state index < -0.39 is 0 Å². The van der Waals surface area contributed by atoms with Crippen molar-refractivity contribution in [2.75, 3.05) is 11.9 Å². The van der Waals surface area contributed by atoms with Crippen LogP contribution < -0.4 is 15.6 Å². The molecule has 0 amide bonds. The van der Waals surface area contributed by atoms with Crippen molar-refractivity contribution in [1.82, 2.24) is 9.97 Å². The molecule has 0 aliphatic heterocycles. The minimum absolute atomic E-state index is 0.0917. The Labute approximate surface area is 124 Å². The molecule has 1 atom stereocenters. The summed E-state index contributed by atoms with van der Waals surface area (Å²) in [7, 11) is 0. The van der Waals surface area contributed by atoms with Crippen molar-refractivity contribution in [2.45, 2.75) is 33.7 Å². The fourth-order valence-corrected chi connectivity index (χ4v) is 2.38. The molecule has 0 aliphatic carbocycles. The van der Waals surface area contributed by atoms with Crippen molar-refractivity contribution < 1.29 is 4.74 Å². The second-order valence-corrected chi connectivity index (χ2v) is 4.97. The molecule has 0 saturated carbocycles. The van der Waals surface area contributed by atoms with Crippen LogP contribution in [0.15, 0.2) is 29.1 Å². The average Bonchev–Trinajstić information content (AvgIpc) is 2.40. The van der Waals surface area contributed by atoms with Crippen LogP contribution in [0, 0.1) is 13.8 Å². The molecule has 1 unspecified atom stereocenters. The Kier molecular flexibility index (Phi) is 4.62. The highest BCUT2D eigenvalue weighted by atomic mass is 16.5. The van der Waals surface area contributed by atoms with Gasteiger partial charge in [-0.2, -0.15) is 0 Å². The van der Waals surface area contributed by atoms with Gasteiger partial charge in [-0.1, -0.05) is 0 Å². The van der Waals surface area contributed by atoms with Crippen LogP contribution >= 0.6 is 0 Å². The number of hydrogen-bond donors (Lipinski definition) is 2. The molecule has 0 bridgehead atoms.